The Bertz CT molecular complexity index is 1290. The average Bonchev–Trinajstić information content (AvgIpc) is 3.50. The van der Waals surface area contributed by atoms with E-state index in [1.807, 2.05) is 12.1 Å². The second kappa shape index (κ2) is 8.82. The van der Waals surface area contributed by atoms with Crippen molar-refractivity contribution in [3.63, 3.8) is 0 Å². The fourth-order valence-electron chi connectivity index (χ4n) is 5.62. The van der Waals surface area contributed by atoms with Crippen molar-refractivity contribution in [1.29, 1.82) is 0 Å². The Kier molecular flexibility index (Phi) is 5.49. The van der Waals surface area contributed by atoms with Gasteiger partial charge in [0, 0.05) is 31.6 Å². The summed E-state index contributed by atoms with van der Waals surface area (Å²) >= 11 is 0. The van der Waals surface area contributed by atoms with Gasteiger partial charge in [0.2, 0.25) is 0 Å². The van der Waals surface area contributed by atoms with Crippen LogP contribution in [0.5, 0.6) is 0 Å². The Morgan fingerprint density at radius 3 is 2.31 bits per heavy atom. The number of ether oxygens (including phenoxy) is 1. The standard InChI is InChI=1S/C28H29N5O2/c1-2-35-27(34)23-17-33-24(29-23)13-14-25(30-33)31-16-15-28(18-31)19-32(20-28)26(21-9-5-3-6-10-21)22-11-7-4-8-12-22/h3-14,17,26H,2,15-16,18-20H2,1H3. The molecule has 0 bridgehead atoms. The van der Waals surface area contributed by atoms with Gasteiger partial charge >= 0.3 is 5.97 Å². The van der Waals surface area contributed by atoms with Gasteiger partial charge in [0.15, 0.2) is 11.3 Å². The first-order valence-electron chi connectivity index (χ1n) is 12.3. The van der Waals surface area contributed by atoms with Gasteiger partial charge in [0.05, 0.1) is 18.8 Å². The largest absolute Gasteiger partial charge is 0.461 e. The van der Waals surface area contributed by atoms with Crippen LogP contribution in [-0.4, -0.2) is 58.3 Å². The first-order valence-corrected chi connectivity index (χ1v) is 12.3. The number of nitrogens with zero attached hydrogens (tertiary/aromatic N) is 5. The van der Waals surface area contributed by atoms with Crippen LogP contribution < -0.4 is 4.90 Å². The summed E-state index contributed by atoms with van der Waals surface area (Å²) in [7, 11) is 0. The molecule has 6 rings (SSSR count). The van der Waals surface area contributed by atoms with E-state index >= 15 is 0 Å². The van der Waals surface area contributed by atoms with E-state index in [0.717, 1.165) is 38.4 Å². The number of hydrogen-bond donors (Lipinski definition) is 0. The maximum atomic E-state index is 12.0. The average molecular weight is 468 g/mol. The lowest BCUT2D eigenvalue weighted by Gasteiger charge is -2.52. The zero-order chi connectivity index (χ0) is 23.8. The number of hydrogen-bond acceptors (Lipinski definition) is 6. The van der Waals surface area contributed by atoms with Crippen LogP contribution in [0.15, 0.2) is 79.0 Å². The van der Waals surface area contributed by atoms with Crippen LogP contribution in [0.2, 0.25) is 0 Å². The number of esters is 1. The summed E-state index contributed by atoms with van der Waals surface area (Å²) in [6, 6.07) is 25.8. The molecule has 0 saturated carbocycles. The minimum Gasteiger partial charge on any atom is -0.461 e. The van der Waals surface area contributed by atoms with Crippen molar-refractivity contribution >= 4 is 17.4 Å². The van der Waals surface area contributed by atoms with E-state index in [-0.39, 0.29) is 17.2 Å². The van der Waals surface area contributed by atoms with Gasteiger partial charge in [0.25, 0.3) is 0 Å². The molecule has 0 N–H and O–H groups in total. The van der Waals surface area contributed by atoms with E-state index in [9.17, 15) is 4.79 Å². The highest BCUT2D eigenvalue weighted by Gasteiger charge is 2.50. The molecule has 7 heteroatoms. The van der Waals surface area contributed by atoms with E-state index in [1.54, 1.807) is 17.6 Å². The molecule has 2 fully saturated rings. The number of benzene rings is 2. The summed E-state index contributed by atoms with van der Waals surface area (Å²) in [6.07, 6.45) is 2.80. The van der Waals surface area contributed by atoms with Gasteiger partial charge in [-0.2, -0.15) is 0 Å². The topological polar surface area (TPSA) is 63.0 Å². The Labute approximate surface area is 205 Å². The van der Waals surface area contributed by atoms with Crippen molar-refractivity contribution in [2.45, 2.75) is 19.4 Å². The number of imidazole rings is 1. The third-order valence-corrected chi connectivity index (χ3v) is 7.23. The molecule has 1 spiro atoms. The molecule has 2 aromatic heterocycles. The highest BCUT2D eigenvalue weighted by atomic mass is 16.5. The van der Waals surface area contributed by atoms with Crippen LogP contribution in [-0.2, 0) is 4.74 Å². The van der Waals surface area contributed by atoms with E-state index in [2.05, 4.69) is 75.4 Å². The molecule has 0 amide bonds. The van der Waals surface area contributed by atoms with Crippen LogP contribution in [0.25, 0.3) is 5.65 Å². The number of aromatic nitrogens is 3. The van der Waals surface area contributed by atoms with Crippen molar-refractivity contribution in [2.75, 3.05) is 37.7 Å². The van der Waals surface area contributed by atoms with Crippen LogP contribution in [0.1, 0.15) is 41.0 Å². The summed E-state index contributed by atoms with van der Waals surface area (Å²) in [4.78, 5) is 21.3. The minimum atomic E-state index is -0.416. The predicted octanol–water partition coefficient (Wildman–Crippen LogP) is 4.21. The first kappa shape index (κ1) is 21.8. The number of likely N-dealkylation sites (tertiary alicyclic amines) is 1. The van der Waals surface area contributed by atoms with Crippen molar-refractivity contribution in [2.24, 2.45) is 5.41 Å². The van der Waals surface area contributed by atoms with Crippen LogP contribution in [0.3, 0.4) is 0 Å². The molecule has 0 unspecified atom stereocenters. The molecule has 4 heterocycles. The van der Waals surface area contributed by atoms with E-state index in [4.69, 9.17) is 9.84 Å². The van der Waals surface area contributed by atoms with Gasteiger partial charge in [-0.15, -0.1) is 5.10 Å². The van der Waals surface area contributed by atoms with Crippen LogP contribution >= 0.6 is 0 Å². The SMILES string of the molecule is CCOC(=O)c1cn2nc(N3CCC4(C3)CN(C(c3ccccc3)c3ccccc3)C4)ccc2n1. The molecule has 2 aromatic carbocycles. The quantitative estimate of drug-likeness (QED) is 0.396. The van der Waals surface area contributed by atoms with Crippen molar-refractivity contribution in [3.05, 3.63) is 95.8 Å². The molecule has 2 saturated heterocycles. The molecule has 35 heavy (non-hydrogen) atoms. The summed E-state index contributed by atoms with van der Waals surface area (Å²) in [5.41, 5.74) is 3.90. The van der Waals surface area contributed by atoms with E-state index < -0.39 is 5.97 Å². The van der Waals surface area contributed by atoms with Crippen molar-refractivity contribution < 1.29 is 9.53 Å². The molecular formula is C28H29N5O2. The van der Waals surface area contributed by atoms with Crippen molar-refractivity contribution in [3.8, 4) is 0 Å². The van der Waals surface area contributed by atoms with Crippen LogP contribution in [0.4, 0.5) is 5.82 Å². The Balaban J connectivity index is 1.18. The van der Waals surface area contributed by atoms with Gasteiger partial charge in [-0.25, -0.2) is 14.3 Å². The number of carbonyl (C=O) groups is 1. The fourth-order valence-corrected chi connectivity index (χ4v) is 5.62. The zero-order valence-electron chi connectivity index (χ0n) is 19.9. The monoisotopic (exact) mass is 467 g/mol. The fraction of sp³-hybridized carbons (Fsp3) is 0.321. The summed E-state index contributed by atoms with van der Waals surface area (Å²) in [5, 5.41) is 4.75. The molecular weight excluding hydrogens is 438 g/mol. The lowest BCUT2D eigenvalue weighted by molar-refractivity contribution is -0.00555. The van der Waals surface area contributed by atoms with E-state index in [1.165, 1.54) is 11.1 Å². The number of rotatable bonds is 6. The molecule has 2 aliphatic rings. The second-order valence-electron chi connectivity index (χ2n) is 9.64. The maximum Gasteiger partial charge on any atom is 0.358 e. The second-order valence-corrected chi connectivity index (χ2v) is 9.64. The summed E-state index contributed by atoms with van der Waals surface area (Å²) in [6.45, 7) is 6.21. The number of carbonyl (C=O) groups excluding carboxylic acids is 1. The third kappa shape index (κ3) is 4.06. The van der Waals surface area contributed by atoms with Gasteiger partial charge < -0.3 is 9.64 Å². The molecule has 4 aromatic rings. The predicted molar refractivity (Wildman–Crippen MR) is 135 cm³/mol. The normalized spacial score (nSPS) is 17.3. The Morgan fingerprint density at radius 2 is 1.66 bits per heavy atom. The number of fused-ring (bicyclic) bond motifs is 1. The summed E-state index contributed by atoms with van der Waals surface area (Å²) in [5.74, 6) is 0.504. The highest BCUT2D eigenvalue weighted by Crippen LogP contribution is 2.45. The summed E-state index contributed by atoms with van der Waals surface area (Å²) < 4.78 is 6.75. The lowest BCUT2D eigenvalue weighted by Crippen LogP contribution is -2.58. The molecule has 2 aliphatic heterocycles. The highest BCUT2D eigenvalue weighted by molar-refractivity contribution is 5.87. The van der Waals surface area contributed by atoms with E-state index in [0.29, 0.717) is 12.3 Å². The number of anilines is 1. The van der Waals surface area contributed by atoms with Crippen molar-refractivity contribution in [1.82, 2.24) is 19.5 Å². The van der Waals surface area contributed by atoms with Gasteiger partial charge in [-0.1, -0.05) is 60.7 Å². The van der Waals surface area contributed by atoms with Gasteiger partial charge in [0.1, 0.15) is 5.82 Å². The zero-order valence-corrected chi connectivity index (χ0v) is 19.9. The smallest absolute Gasteiger partial charge is 0.358 e. The molecule has 0 radical (unpaired) electrons. The molecule has 178 valence electrons. The molecule has 0 atom stereocenters. The minimum absolute atomic E-state index is 0.277. The maximum absolute atomic E-state index is 12.0. The molecule has 0 aliphatic carbocycles. The third-order valence-electron chi connectivity index (χ3n) is 7.23. The Morgan fingerprint density at radius 1 is 0.971 bits per heavy atom. The lowest BCUT2D eigenvalue weighted by atomic mass is 9.76. The molecule has 7 nitrogen and oxygen atoms in total. The van der Waals surface area contributed by atoms with Gasteiger partial charge in [-0.05, 0) is 36.6 Å². The van der Waals surface area contributed by atoms with Crippen LogP contribution in [0, 0.1) is 5.41 Å². The van der Waals surface area contributed by atoms with Gasteiger partial charge in [-0.3, -0.25) is 4.90 Å². The Hall–Kier alpha value is -3.71. The first-order chi connectivity index (χ1) is 17.1.